The molecule has 18 valence electrons. The van der Waals surface area contributed by atoms with Crippen LogP contribution < -0.4 is 0 Å². The van der Waals surface area contributed by atoms with E-state index < -0.39 is 0 Å². The van der Waals surface area contributed by atoms with Crippen molar-refractivity contribution >= 4 is 83.2 Å². The molecule has 0 nitrogen and oxygen atoms in total. The summed E-state index contributed by atoms with van der Waals surface area (Å²) in [6.45, 7) is 0. The summed E-state index contributed by atoms with van der Waals surface area (Å²) in [7, 11) is 0. The van der Waals surface area contributed by atoms with Crippen LogP contribution in [0.2, 0.25) is 0 Å². The second kappa shape index (κ2) is 30.4. The van der Waals surface area contributed by atoms with Crippen LogP contribution in [0.5, 0.6) is 0 Å². The molecule has 4 radical (unpaired) electrons. The molecule has 0 aromatic rings. The Bertz CT molecular complexity index is 13.5. The van der Waals surface area contributed by atoms with E-state index in [4.69, 9.17) is 0 Å². The Hall–Kier alpha value is 6.14. The molecule has 6 heteroatoms. The molecule has 0 aromatic heterocycles. The largest absolute Gasteiger partial charge is 0 e. The molecule has 0 spiro atoms. The van der Waals surface area contributed by atoms with Crippen molar-refractivity contribution in [1.82, 2.24) is 0 Å². The van der Waals surface area contributed by atoms with Crippen molar-refractivity contribution in [3.8, 4) is 0 Å². The SMILES string of the molecule is [Ca].[Nd].[Sr].[Ti].[Ti].[Zn]. The number of hydrogen-bond acceptors (Lipinski definition) is 0. The smallest absolute Gasteiger partial charge is 0 e. The van der Waals surface area contributed by atoms with Gasteiger partial charge in [-0.15, -0.1) is 0 Å². The summed E-state index contributed by atoms with van der Waals surface area (Å²) in [5.74, 6) is 0. The van der Waals surface area contributed by atoms with Crippen LogP contribution in [0.4, 0.5) is 0 Å². The maximum absolute atomic E-state index is 0. The van der Waals surface area contributed by atoms with Gasteiger partial charge < -0.3 is 0 Å². The first-order valence-corrected chi connectivity index (χ1v) is 0. The first-order chi connectivity index (χ1) is 0. The summed E-state index contributed by atoms with van der Waals surface area (Å²) < 4.78 is 0. The van der Waals surface area contributed by atoms with Crippen molar-refractivity contribution in [3.05, 3.63) is 0 Å². The minimum absolute atomic E-state index is 0. The molecule has 0 heterocycles. The van der Waals surface area contributed by atoms with Crippen LogP contribution in [-0.2, 0) is 62.9 Å². The van der Waals surface area contributed by atoms with Crippen molar-refractivity contribution in [2.75, 3.05) is 0 Å². The van der Waals surface area contributed by atoms with Crippen LogP contribution in [-0.4, -0.2) is 83.2 Å². The van der Waals surface area contributed by atoms with Gasteiger partial charge in [-0.05, 0) is 0 Å². The van der Waals surface area contributed by atoms with E-state index in [0.717, 1.165) is 0 Å². The standard InChI is InChI=1S/Ca.Nd.Sr.2Ti.Zn. The molecule has 0 aliphatic carbocycles. The molecule has 0 fully saturated rings. The minimum Gasteiger partial charge on any atom is 0 e. The number of rotatable bonds is 0. The van der Waals surface area contributed by atoms with Crippen LogP contribution in [0.25, 0.3) is 0 Å². The van der Waals surface area contributed by atoms with Crippen molar-refractivity contribution in [1.29, 1.82) is 0 Å². The molecular weight excluding hydrogens is 433 g/mol. The molecule has 0 bridgehead atoms. The molecule has 0 unspecified atom stereocenters. The van der Waals surface area contributed by atoms with E-state index in [1.54, 1.807) is 0 Å². The summed E-state index contributed by atoms with van der Waals surface area (Å²) >= 11 is 0. The fourth-order valence-electron chi connectivity index (χ4n) is 0. The second-order valence-electron chi connectivity index (χ2n) is 0. The molecule has 0 aromatic carbocycles. The maximum Gasteiger partial charge on any atom is 0 e. The fraction of sp³-hybridized carbons (Fsp3) is 0. The predicted octanol–water partition coefficient (Wildman–Crippen LogP) is -0.769. The molecule has 0 aliphatic rings. The fourth-order valence-corrected chi connectivity index (χ4v) is 0. The van der Waals surface area contributed by atoms with Gasteiger partial charge in [0.25, 0.3) is 0 Å². The molecular formula is CaNdSrTi2Zn. The van der Waals surface area contributed by atoms with Crippen molar-refractivity contribution in [2.24, 2.45) is 0 Å². The Balaban J connectivity index is 0. The Morgan fingerprint density at radius 2 is 0.833 bits per heavy atom. The zero-order valence-electron chi connectivity index (χ0n) is 3.62. The third-order valence-corrected chi connectivity index (χ3v) is 0. The van der Waals surface area contributed by atoms with Gasteiger partial charge in [-0.1, -0.05) is 0 Å². The Labute approximate surface area is 181 Å². The normalized spacial score (nSPS) is 0. The Morgan fingerprint density at radius 1 is 0.833 bits per heavy atom. The van der Waals surface area contributed by atoms with Gasteiger partial charge in [0.15, 0.2) is 0 Å². The van der Waals surface area contributed by atoms with Crippen LogP contribution in [0.1, 0.15) is 0 Å². The molecule has 0 N–H and O–H groups in total. The van der Waals surface area contributed by atoms with E-state index in [2.05, 4.69) is 0 Å². The average molecular weight is 433 g/mol. The van der Waals surface area contributed by atoms with Gasteiger partial charge in [0.1, 0.15) is 0 Å². The zero-order valence-corrected chi connectivity index (χ0v) is 18.6. The third-order valence-electron chi connectivity index (χ3n) is 0. The topological polar surface area (TPSA) is 0 Å². The molecule has 6 heavy (non-hydrogen) atoms. The summed E-state index contributed by atoms with van der Waals surface area (Å²) in [5, 5.41) is 0. The Kier molecular flexibility index (Phi) is 202. The molecule has 0 saturated heterocycles. The minimum atomic E-state index is 0. The first kappa shape index (κ1) is 40.0. The van der Waals surface area contributed by atoms with Gasteiger partial charge in [-0.2, -0.15) is 0 Å². The van der Waals surface area contributed by atoms with E-state index in [1.165, 1.54) is 0 Å². The molecule has 0 atom stereocenters. The van der Waals surface area contributed by atoms with Gasteiger partial charge >= 0.3 is 0 Å². The van der Waals surface area contributed by atoms with Crippen LogP contribution in [0.3, 0.4) is 0 Å². The average Bonchev–Trinajstić information content (AvgIpc) is 0. The third kappa shape index (κ3) is 22.5. The zero-order chi connectivity index (χ0) is 0. The molecule has 0 amide bonds. The van der Waals surface area contributed by atoms with Crippen molar-refractivity contribution in [3.63, 3.8) is 0 Å². The van der Waals surface area contributed by atoms with Gasteiger partial charge in [0.2, 0.25) is 0 Å². The second-order valence-corrected chi connectivity index (χ2v) is 0. The monoisotopic (exact) mass is 430 g/mol. The summed E-state index contributed by atoms with van der Waals surface area (Å²) in [6, 6.07) is 0. The van der Waals surface area contributed by atoms with Crippen LogP contribution in [0, 0.1) is 40.8 Å². The molecule has 0 saturated carbocycles. The first-order valence-electron chi connectivity index (χ1n) is 0. The van der Waals surface area contributed by atoms with Crippen molar-refractivity contribution < 1.29 is 104 Å². The van der Waals surface area contributed by atoms with Gasteiger partial charge in [0, 0.05) is 187 Å². The van der Waals surface area contributed by atoms with Crippen LogP contribution in [0.15, 0.2) is 0 Å². The number of hydrogen-bond donors (Lipinski definition) is 0. The summed E-state index contributed by atoms with van der Waals surface area (Å²) in [4.78, 5) is 0. The van der Waals surface area contributed by atoms with Crippen LogP contribution >= 0.6 is 0 Å². The summed E-state index contributed by atoms with van der Waals surface area (Å²) in [6.07, 6.45) is 0. The van der Waals surface area contributed by atoms with E-state index in [1.807, 2.05) is 0 Å². The van der Waals surface area contributed by atoms with Gasteiger partial charge in [-0.25, -0.2) is 0 Å². The molecule has 0 rings (SSSR count). The van der Waals surface area contributed by atoms with Crippen molar-refractivity contribution in [2.45, 2.75) is 0 Å². The predicted molar refractivity (Wildman–Crippen MR) is 11.5 cm³/mol. The summed E-state index contributed by atoms with van der Waals surface area (Å²) in [5.41, 5.74) is 0. The van der Waals surface area contributed by atoms with E-state index in [9.17, 15) is 0 Å². The van der Waals surface area contributed by atoms with E-state index in [0.29, 0.717) is 0 Å². The molecule has 0 aliphatic heterocycles. The van der Waals surface area contributed by atoms with E-state index in [-0.39, 0.29) is 187 Å². The van der Waals surface area contributed by atoms with Gasteiger partial charge in [-0.3, -0.25) is 0 Å². The van der Waals surface area contributed by atoms with Gasteiger partial charge in [0.05, 0.1) is 0 Å². The maximum atomic E-state index is 0. The Morgan fingerprint density at radius 3 is 0.833 bits per heavy atom. The quantitative estimate of drug-likeness (QED) is 0.441. The van der Waals surface area contributed by atoms with E-state index >= 15 is 0 Å².